The number of carbonyl (C=O) groups is 2. The summed E-state index contributed by atoms with van der Waals surface area (Å²) in [6.45, 7) is 9.92. The van der Waals surface area contributed by atoms with Crippen LogP contribution in [0.1, 0.15) is 32.8 Å². The summed E-state index contributed by atoms with van der Waals surface area (Å²) in [5.74, 6) is 1.01. The van der Waals surface area contributed by atoms with Gasteiger partial charge in [0.05, 0.1) is 0 Å². The molecule has 1 aromatic carbocycles. The molecule has 26 heavy (non-hydrogen) atoms. The molecular weight excluding hydrogens is 326 g/mol. The number of hydrogen-bond acceptors (Lipinski definition) is 3. The molecule has 0 aromatic heterocycles. The number of amides is 2. The highest BCUT2D eigenvalue weighted by atomic mass is 16.2. The van der Waals surface area contributed by atoms with Crippen molar-refractivity contribution in [1.82, 2.24) is 15.5 Å². The fourth-order valence-corrected chi connectivity index (χ4v) is 3.53. The summed E-state index contributed by atoms with van der Waals surface area (Å²) < 4.78 is 0. The summed E-state index contributed by atoms with van der Waals surface area (Å²) in [5.41, 5.74) is 0.949. The standard InChI is InChI=1S/C21H31N3O2/c1-16-13-17(2)15-24(14-16)12-11-22-21(26)18(3)23-20(25)10-9-19-7-5-4-6-8-19/h4-10,16-18H,11-15H2,1-3H3,(H,22,26)(H,23,25). The van der Waals surface area contributed by atoms with Gasteiger partial charge in [-0.05, 0) is 36.8 Å². The Hall–Kier alpha value is -2.14. The summed E-state index contributed by atoms with van der Waals surface area (Å²) in [6.07, 6.45) is 4.47. The second-order valence-electron chi connectivity index (χ2n) is 7.47. The summed E-state index contributed by atoms with van der Waals surface area (Å²) in [7, 11) is 0. The Morgan fingerprint density at radius 3 is 2.50 bits per heavy atom. The lowest BCUT2D eigenvalue weighted by molar-refractivity contribution is -0.126. The van der Waals surface area contributed by atoms with E-state index in [1.165, 1.54) is 12.5 Å². The molecular formula is C21H31N3O2. The number of nitrogens with one attached hydrogen (secondary N) is 2. The highest BCUT2D eigenvalue weighted by molar-refractivity contribution is 5.95. The van der Waals surface area contributed by atoms with Gasteiger partial charge in [0.15, 0.2) is 0 Å². The van der Waals surface area contributed by atoms with E-state index in [1.54, 1.807) is 13.0 Å². The highest BCUT2D eigenvalue weighted by Gasteiger charge is 2.21. The Morgan fingerprint density at radius 1 is 1.19 bits per heavy atom. The minimum Gasteiger partial charge on any atom is -0.353 e. The molecule has 2 N–H and O–H groups in total. The molecule has 1 fully saturated rings. The summed E-state index contributed by atoms with van der Waals surface area (Å²) in [4.78, 5) is 26.5. The molecule has 1 aliphatic rings. The minimum absolute atomic E-state index is 0.149. The van der Waals surface area contributed by atoms with Gasteiger partial charge in [0.1, 0.15) is 6.04 Å². The van der Waals surface area contributed by atoms with Crippen LogP contribution in [0.4, 0.5) is 0 Å². The van der Waals surface area contributed by atoms with E-state index in [4.69, 9.17) is 0 Å². The van der Waals surface area contributed by atoms with Gasteiger partial charge < -0.3 is 15.5 Å². The SMILES string of the molecule is CC1CC(C)CN(CCNC(=O)C(C)NC(=O)C=Cc2ccccc2)C1. The van der Waals surface area contributed by atoms with Crippen molar-refractivity contribution in [1.29, 1.82) is 0 Å². The van der Waals surface area contributed by atoms with Crippen LogP contribution in [0.25, 0.3) is 6.08 Å². The topological polar surface area (TPSA) is 61.4 Å². The molecule has 1 aromatic rings. The Kier molecular flexibility index (Phi) is 7.85. The third-order valence-corrected chi connectivity index (χ3v) is 4.65. The van der Waals surface area contributed by atoms with E-state index >= 15 is 0 Å². The van der Waals surface area contributed by atoms with Crippen molar-refractivity contribution in [2.75, 3.05) is 26.2 Å². The first-order valence-corrected chi connectivity index (χ1v) is 9.47. The zero-order valence-corrected chi connectivity index (χ0v) is 16.1. The fraction of sp³-hybridized carbons (Fsp3) is 0.524. The molecule has 1 saturated heterocycles. The van der Waals surface area contributed by atoms with Crippen molar-refractivity contribution < 1.29 is 9.59 Å². The van der Waals surface area contributed by atoms with Gasteiger partial charge in [0.2, 0.25) is 11.8 Å². The van der Waals surface area contributed by atoms with Crippen LogP contribution in [-0.2, 0) is 9.59 Å². The fourth-order valence-electron chi connectivity index (χ4n) is 3.53. The average Bonchev–Trinajstić information content (AvgIpc) is 2.60. The van der Waals surface area contributed by atoms with Crippen LogP contribution >= 0.6 is 0 Å². The van der Waals surface area contributed by atoms with E-state index < -0.39 is 6.04 Å². The molecule has 0 saturated carbocycles. The zero-order valence-electron chi connectivity index (χ0n) is 16.1. The average molecular weight is 357 g/mol. The minimum atomic E-state index is -0.554. The molecule has 3 unspecified atom stereocenters. The van der Waals surface area contributed by atoms with Crippen LogP contribution in [0, 0.1) is 11.8 Å². The van der Waals surface area contributed by atoms with Crippen molar-refractivity contribution >= 4 is 17.9 Å². The second kappa shape index (κ2) is 10.1. The molecule has 1 aliphatic heterocycles. The Labute approximate surface area is 156 Å². The number of nitrogens with zero attached hydrogens (tertiary/aromatic N) is 1. The molecule has 5 heteroatoms. The van der Waals surface area contributed by atoms with Gasteiger partial charge in [0.25, 0.3) is 0 Å². The first kappa shape index (κ1) is 20.2. The van der Waals surface area contributed by atoms with Crippen molar-refractivity contribution in [2.24, 2.45) is 11.8 Å². The molecule has 0 radical (unpaired) electrons. The van der Waals surface area contributed by atoms with Crippen molar-refractivity contribution in [2.45, 2.75) is 33.2 Å². The molecule has 0 spiro atoms. The molecule has 142 valence electrons. The lowest BCUT2D eigenvalue weighted by Crippen LogP contribution is -2.47. The smallest absolute Gasteiger partial charge is 0.244 e. The first-order chi connectivity index (χ1) is 12.4. The Bertz CT molecular complexity index is 605. The number of rotatable bonds is 7. The van der Waals surface area contributed by atoms with Gasteiger partial charge in [0, 0.05) is 32.3 Å². The monoisotopic (exact) mass is 357 g/mol. The van der Waals surface area contributed by atoms with E-state index in [0.717, 1.165) is 25.2 Å². The Balaban J connectivity index is 1.68. The lowest BCUT2D eigenvalue weighted by atomic mass is 9.92. The third-order valence-electron chi connectivity index (χ3n) is 4.65. The summed E-state index contributed by atoms with van der Waals surface area (Å²) >= 11 is 0. The number of carbonyl (C=O) groups excluding carboxylic acids is 2. The van der Waals surface area contributed by atoms with E-state index in [2.05, 4.69) is 29.4 Å². The van der Waals surface area contributed by atoms with Crippen molar-refractivity contribution in [3.05, 3.63) is 42.0 Å². The molecule has 0 bridgehead atoms. The lowest BCUT2D eigenvalue weighted by Gasteiger charge is -2.35. The molecule has 5 nitrogen and oxygen atoms in total. The van der Waals surface area contributed by atoms with E-state index in [1.807, 2.05) is 30.3 Å². The zero-order chi connectivity index (χ0) is 18.9. The second-order valence-corrected chi connectivity index (χ2v) is 7.47. The summed E-state index contributed by atoms with van der Waals surface area (Å²) in [6, 6.07) is 9.04. The number of likely N-dealkylation sites (tertiary alicyclic amines) is 1. The van der Waals surface area contributed by atoms with E-state index in [-0.39, 0.29) is 11.8 Å². The quantitative estimate of drug-likeness (QED) is 0.736. The maximum absolute atomic E-state index is 12.2. The Morgan fingerprint density at radius 2 is 1.85 bits per heavy atom. The van der Waals surface area contributed by atoms with Crippen LogP contribution in [0.2, 0.25) is 0 Å². The highest BCUT2D eigenvalue weighted by Crippen LogP contribution is 2.20. The molecule has 2 rings (SSSR count). The number of piperidine rings is 1. The maximum atomic E-state index is 12.2. The molecule has 3 atom stereocenters. The first-order valence-electron chi connectivity index (χ1n) is 9.47. The van der Waals surface area contributed by atoms with Gasteiger partial charge in [-0.15, -0.1) is 0 Å². The predicted molar refractivity (Wildman–Crippen MR) is 105 cm³/mol. The summed E-state index contributed by atoms with van der Waals surface area (Å²) in [5, 5.41) is 5.62. The van der Waals surface area contributed by atoms with Crippen LogP contribution in [-0.4, -0.2) is 48.9 Å². The van der Waals surface area contributed by atoms with Crippen molar-refractivity contribution in [3.63, 3.8) is 0 Å². The van der Waals surface area contributed by atoms with Gasteiger partial charge >= 0.3 is 0 Å². The number of benzene rings is 1. The maximum Gasteiger partial charge on any atom is 0.244 e. The largest absolute Gasteiger partial charge is 0.353 e. The van der Waals surface area contributed by atoms with Gasteiger partial charge in [-0.25, -0.2) is 0 Å². The van der Waals surface area contributed by atoms with Crippen LogP contribution < -0.4 is 10.6 Å². The van der Waals surface area contributed by atoms with Gasteiger partial charge in [-0.2, -0.15) is 0 Å². The molecule has 1 heterocycles. The van der Waals surface area contributed by atoms with Crippen molar-refractivity contribution in [3.8, 4) is 0 Å². The molecule has 2 amide bonds. The van der Waals surface area contributed by atoms with E-state index in [0.29, 0.717) is 18.4 Å². The van der Waals surface area contributed by atoms with Crippen LogP contribution in [0.15, 0.2) is 36.4 Å². The number of hydrogen-bond donors (Lipinski definition) is 2. The van der Waals surface area contributed by atoms with Gasteiger partial charge in [-0.3, -0.25) is 9.59 Å². The van der Waals surface area contributed by atoms with Gasteiger partial charge in [-0.1, -0.05) is 44.2 Å². The van der Waals surface area contributed by atoms with E-state index in [9.17, 15) is 9.59 Å². The normalized spacial score (nSPS) is 22.1. The van der Waals surface area contributed by atoms with Crippen LogP contribution in [0.5, 0.6) is 0 Å². The third kappa shape index (κ3) is 7.00. The predicted octanol–water partition coefficient (Wildman–Crippen LogP) is 2.30. The molecule has 0 aliphatic carbocycles. The van der Waals surface area contributed by atoms with Crippen LogP contribution in [0.3, 0.4) is 0 Å².